The molecule has 102 valence electrons. The highest BCUT2D eigenvalue weighted by atomic mass is 19.1. The molecule has 0 spiro atoms. The van der Waals surface area contributed by atoms with E-state index in [0.29, 0.717) is 0 Å². The number of halogens is 1. The van der Waals surface area contributed by atoms with Crippen molar-refractivity contribution in [3.8, 4) is 0 Å². The maximum absolute atomic E-state index is 12.8. The predicted octanol–water partition coefficient (Wildman–Crippen LogP) is 2.83. The number of aryl methyl sites for hydroxylation is 1. The van der Waals surface area contributed by atoms with Gasteiger partial charge >= 0.3 is 0 Å². The van der Waals surface area contributed by atoms with Gasteiger partial charge in [0.05, 0.1) is 0 Å². The van der Waals surface area contributed by atoms with E-state index >= 15 is 0 Å². The second kappa shape index (κ2) is 5.28. The summed E-state index contributed by atoms with van der Waals surface area (Å²) < 4.78 is 14.6. The van der Waals surface area contributed by atoms with Gasteiger partial charge in [-0.2, -0.15) is 9.61 Å². The monoisotopic (exact) mass is 270 g/mol. The topological polar surface area (TPSA) is 42.2 Å². The quantitative estimate of drug-likeness (QED) is 0.792. The van der Waals surface area contributed by atoms with E-state index in [1.54, 1.807) is 23.0 Å². The average molecular weight is 270 g/mol. The van der Waals surface area contributed by atoms with Crippen LogP contribution in [0.15, 0.2) is 42.7 Å². The third-order valence-corrected chi connectivity index (χ3v) is 3.16. The van der Waals surface area contributed by atoms with Gasteiger partial charge in [0.25, 0.3) is 0 Å². The first-order valence-corrected chi connectivity index (χ1v) is 6.51. The summed E-state index contributed by atoms with van der Waals surface area (Å²) in [4.78, 5) is 4.19. The Morgan fingerprint density at radius 2 is 2.00 bits per heavy atom. The van der Waals surface area contributed by atoms with Crippen molar-refractivity contribution in [3.63, 3.8) is 0 Å². The Hall–Kier alpha value is -2.43. The number of benzene rings is 1. The Bertz CT molecular complexity index is 718. The zero-order valence-electron chi connectivity index (χ0n) is 11.2. The summed E-state index contributed by atoms with van der Waals surface area (Å²) in [5, 5.41) is 7.53. The molecule has 1 N–H and O–H groups in total. The highest BCUT2D eigenvalue weighted by Crippen LogP contribution is 2.13. The van der Waals surface area contributed by atoms with E-state index in [2.05, 4.69) is 15.4 Å². The molecule has 2 aromatic heterocycles. The summed E-state index contributed by atoms with van der Waals surface area (Å²) in [6.45, 7) is 2.78. The number of pyridine rings is 1. The smallest absolute Gasteiger partial charge is 0.157 e. The fourth-order valence-electron chi connectivity index (χ4n) is 2.17. The van der Waals surface area contributed by atoms with E-state index in [4.69, 9.17) is 0 Å². The molecule has 4 nitrogen and oxygen atoms in total. The van der Waals surface area contributed by atoms with Crippen LogP contribution < -0.4 is 5.32 Å². The number of nitrogens with zero attached hydrogens (tertiary/aromatic N) is 3. The molecule has 0 aliphatic rings. The van der Waals surface area contributed by atoms with Gasteiger partial charge in [0, 0.05) is 6.54 Å². The van der Waals surface area contributed by atoms with Crippen LogP contribution in [0.5, 0.6) is 0 Å². The SMILES string of the molecule is Cc1cc(NCCc2ccc(F)cc2)n2ncnc2c1. The van der Waals surface area contributed by atoms with Crippen molar-refractivity contribution >= 4 is 11.5 Å². The van der Waals surface area contributed by atoms with E-state index in [1.165, 1.54) is 12.1 Å². The molecule has 0 saturated carbocycles. The number of rotatable bonds is 4. The first-order valence-electron chi connectivity index (χ1n) is 6.51. The number of fused-ring (bicyclic) bond motifs is 1. The highest BCUT2D eigenvalue weighted by Gasteiger charge is 2.03. The van der Waals surface area contributed by atoms with E-state index in [1.807, 2.05) is 19.1 Å². The van der Waals surface area contributed by atoms with Crippen molar-refractivity contribution < 1.29 is 4.39 Å². The van der Waals surface area contributed by atoms with Gasteiger partial charge in [0.2, 0.25) is 0 Å². The second-order valence-electron chi connectivity index (χ2n) is 4.75. The van der Waals surface area contributed by atoms with E-state index in [-0.39, 0.29) is 5.82 Å². The summed E-state index contributed by atoms with van der Waals surface area (Å²) in [5.74, 6) is 0.712. The molecule has 0 amide bonds. The molecular weight excluding hydrogens is 255 g/mol. The van der Waals surface area contributed by atoms with Gasteiger partial charge in [0.15, 0.2) is 5.65 Å². The fourth-order valence-corrected chi connectivity index (χ4v) is 2.17. The minimum Gasteiger partial charge on any atom is -0.370 e. The molecule has 0 radical (unpaired) electrons. The number of hydrogen-bond acceptors (Lipinski definition) is 3. The van der Waals surface area contributed by atoms with Crippen molar-refractivity contribution in [2.24, 2.45) is 0 Å². The van der Waals surface area contributed by atoms with Gasteiger partial charge in [0.1, 0.15) is 18.0 Å². The first-order chi connectivity index (χ1) is 9.72. The van der Waals surface area contributed by atoms with Crippen molar-refractivity contribution in [1.29, 1.82) is 0 Å². The summed E-state index contributed by atoms with van der Waals surface area (Å²) in [6.07, 6.45) is 2.37. The maximum atomic E-state index is 12.8. The van der Waals surface area contributed by atoms with Crippen LogP contribution in [0.1, 0.15) is 11.1 Å². The van der Waals surface area contributed by atoms with Crippen LogP contribution in [0.25, 0.3) is 5.65 Å². The van der Waals surface area contributed by atoms with Gasteiger partial charge in [-0.1, -0.05) is 12.1 Å². The molecule has 0 bridgehead atoms. The number of anilines is 1. The Morgan fingerprint density at radius 1 is 1.20 bits per heavy atom. The van der Waals surface area contributed by atoms with Gasteiger partial charge in [-0.15, -0.1) is 0 Å². The molecule has 0 atom stereocenters. The highest BCUT2D eigenvalue weighted by molar-refractivity contribution is 5.51. The summed E-state index contributed by atoms with van der Waals surface area (Å²) in [5.41, 5.74) is 3.06. The van der Waals surface area contributed by atoms with Gasteiger partial charge in [-0.25, -0.2) is 9.37 Å². The van der Waals surface area contributed by atoms with Crippen LogP contribution >= 0.6 is 0 Å². The lowest BCUT2D eigenvalue weighted by Gasteiger charge is -2.09. The molecule has 0 aliphatic heterocycles. The Kier molecular flexibility index (Phi) is 3.33. The van der Waals surface area contributed by atoms with Gasteiger partial charge < -0.3 is 5.32 Å². The number of aromatic nitrogens is 3. The van der Waals surface area contributed by atoms with Crippen LogP contribution in [0.2, 0.25) is 0 Å². The largest absolute Gasteiger partial charge is 0.370 e. The third-order valence-electron chi connectivity index (χ3n) is 3.16. The van der Waals surface area contributed by atoms with Crippen molar-refractivity contribution in [1.82, 2.24) is 14.6 Å². The molecule has 1 aromatic carbocycles. The van der Waals surface area contributed by atoms with Crippen LogP contribution in [-0.2, 0) is 6.42 Å². The van der Waals surface area contributed by atoms with E-state index in [0.717, 1.165) is 35.6 Å². The minimum absolute atomic E-state index is 0.204. The molecule has 0 saturated heterocycles. The average Bonchev–Trinajstić information content (AvgIpc) is 2.89. The lowest BCUT2D eigenvalue weighted by molar-refractivity contribution is 0.627. The predicted molar refractivity (Wildman–Crippen MR) is 76.3 cm³/mol. The van der Waals surface area contributed by atoms with Crippen LogP contribution in [0.3, 0.4) is 0 Å². The Morgan fingerprint density at radius 3 is 2.80 bits per heavy atom. The van der Waals surface area contributed by atoms with Crippen LogP contribution in [0.4, 0.5) is 10.2 Å². The second-order valence-corrected chi connectivity index (χ2v) is 4.75. The molecule has 3 rings (SSSR count). The maximum Gasteiger partial charge on any atom is 0.157 e. The van der Waals surface area contributed by atoms with Crippen LogP contribution in [-0.4, -0.2) is 21.1 Å². The Balaban J connectivity index is 1.70. The molecule has 0 unspecified atom stereocenters. The summed E-state index contributed by atoms with van der Waals surface area (Å²) >= 11 is 0. The van der Waals surface area contributed by atoms with Crippen molar-refractivity contribution in [3.05, 3.63) is 59.7 Å². The first kappa shape index (κ1) is 12.6. The Labute approximate surface area is 116 Å². The van der Waals surface area contributed by atoms with Gasteiger partial charge in [-0.3, -0.25) is 0 Å². The minimum atomic E-state index is -0.204. The zero-order chi connectivity index (χ0) is 13.9. The molecular formula is C15H15FN4. The normalized spacial score (nSPS) is 10.9. The number of hydrogen-bond donors (Lipinski definition) is 1. The van der Waals surface area contributed by atoms with E-state index < -0.39 is 0 Å². The summed E-state index contributed by atoms with van der Waals surface area (Å²) in [6, 6.07) is 10.6. The molecule has 0 aliphatic carbocycles. The molecule has 3 aromatic rings. The van der Waals surface area contributed by atoms with E-state index in [9.17, 15) is 4.39 Å². The lowest BCUT2D eigenvalue weighted by Crippen LogP contribution is -2.09. The summed E-state index contributed by atoms with van der Waals surface area (Å²) in [7, 11) is 0. The lowest BCUT2D eigenvalue weighted by atomic mass is 10.1. The molecule has 20 heavy (non-hydrogen) atoms. The van der Waals surface area contributed by atoms with Crippen LogP contribution in [0, 0.1) is 12.7 Å². The van der Waals surface area contributed by atoms with Crippen molar-refractivity contribution in [2.75, 3.05) is 11.9 Å². The fraction of sp³-hybridized carbons (Fsp3) is 0.200. The molecule has 5 heteroatoms. The standard InChI is InChI=1S/C15H15FN4/c1-11-8-14(20-15(9-11)18-10-19-20)17-7-6-12-2-4-13(16)5-3-12/h2-5,8-10,17H,6-7H2,1H3. The molecule has 0 fully saturated rings. The van der Waals surface area contributed by atoms with Crippen molar-refractivity contribution in [2.45, 2.75) is 13.3 Å². The third kappa shape index (κ3) is 2.61. The zero-order valence-corrected chi connectivity index (χ0v) is 11.2. The van der Waals surface area contributed by atoms with Gasteiger partial charge in [-0.05, 0) is 48.7 Å². The molecule has 2 heterocycles. The number of nitrogens with one attached hydrogen (secondary N) is 1.